The normalized spacial score (nSPS) is 10.6. The quantitative estimate of drug-likeness (QED) is 0.519. The molecule has 0 aliphatic rings. The van der Waals surface area contributed by atoms with Gasteiger partial charge in [-0.1, -0.05) is 54.6 Å². The van der Waals surface area contributed by atoms with E-state index in [2.05, 4.69) is 5.32 Å². The van der Waals surface area contributed by atoms with Crippen molar-refractivity contribution in [3.8, 4) is 5.75 Å². The summed E-state index contributed by atoms with van der Waals surface area (Å²) in [4.78, 5) is 25.0. The molecule has 4 heteroatoms. The zero-order chi connectivity index (χ0) is 19.1. The molecule has 0 atom stereocenters. The van der Waals surface area contributed by atoms with Gasteiger partial charge in [0, 0.05) is 17.2 Å². The molecule has 3 aromatic carbocycles. The van der Waals surface area contributed by atoms with Crippen molar-refractivity contribution in [3.05, 3.63) is 102 Å². The highest BCUT2D eigenvalue weighted by atomic mass is 16.5. The van der Waals surface area contributed by atoms with Gasteiger partial charge in [0.15, 0.2) is 5.78 Å². The highest BCUT2D eigenvalue weighted by Gasteiger charge is 2.13. The summed E-state index contributed by atoms with van der Waals surface area (Å²) in [7, 11) is 1.60. The van der Waals surface area contributed by atoms with Gasteiger partial charge in [0.05, 0.1) is 12.8 Å². The molecule has 4 nitrogen and oxygen atoms in total. The number of carbonyl (C=O) groups excluding carboxylic acids is 2. The highest BCUT2D eigenvalue weighted by Crippen LogP contribution is 2.19. The Labute approximate surface area is 158 Å². The Hall–Kier alpha value is -3.66. The number of carbonyl (C=O) groups is 2. The lowest BCUT2D eigenvalue weighted by Crippen LogP contribution is -2.12. The van der Waals surface area contributed by atoms with Crippen LogP contribution in [0.3, 0.4) is 0 Å². The van der Waals surface area contributed by atoms with E-state index in [9.17, 15) is 9.59 Å². The van der Waals surface area contributed by atoms with Gasteiger partial charge in [0.25, 0.3) is 0 Å². The third-order valence-electron chi connectivity index (χ3n) is 4.01. The van der Waals surface area contributed by atoms with Gasteiger partial charge in [-0.05, 0) is 35.9 Å². The van der Waals surface area contributed by atoms with Gasteiger partial charge in [-0.2, -0.15) is 0 Å². The van der Waals surface area contributed by atoms with Crippen molar-refractivity contribution in [2.24, 2.45) is 0 Å². The monoisotopic (exact) mass is 357 g/mol. The minimum atomic E-state index is -0.306. The molecule has 3 aromatic rings. The molecule has 0 radical (unpaired) electrons. The Balaban J connectivity index is 1.74. The van der Waals surface area contributed by atoms with Crippen molar-refractivity contribution in [3.63, 3.8) is 0 Å². The third kappa shape index (κ3) is 4.70. The largest absolute Gasteiger partial charge is 0.497 e. The lowest BCUT2D eigenvalue weighted by molar-refractivity contribution is -0.111. The van der Waals surface area contributed by atoms with Crippen LogP contribution in [0.2, 0.25) is 0 Å². The van der Waals surface area contributed by atoms with Crippen LogP contribution in [0.4, 0.5) is 5.69 Å². The zero-order valence-corrected chi connectivity index (χ0v) is 14.9. The number of amides is 1. The molecule has 0 saturated heterocycles. The Morgan fingerprint density at radius 2 is 1.52 bits per heavy atom. The summed E-state index contributed by atoms with van der Waals surface area (Å²) in [5, 5.41) is 2.78. The Bertz CT molecular complexity index is 960. The van der Waals surface area contributed by atoms with Crippen LogP contribution in [0.25, 0.3) is 6.08 Å². The van der Waals surface area contributed by atoms with E-state index in [0.717, 1.165) is 11.3 Å². The summed E-state index contributed by atoms with van der Waals surface area (Å²) in [6.07, 6.45) is 3.14. The number of hydrogen-bond acceptors (Lipinski definition) is 3. The molecule has 0 bridgehead atoms. The van der Waals surface area contributed by atoms with E-state index in [1.807, 2.05) is 42.5 Å². The third-order valence-corrected chi connectivity index (χ3v) is 4.01. The number of anilines is 1. The molecule has 0 saturated carbocycles. The van der Waals surface area contributed by atoms with Crippen molar-refractivity contribution in [1.82, 2.24) is 0 Å². The van der Waals surface area contributed by atoms with E-state index in [0.29, 0.717) is 16.8 Å². The summed E-state index contributed by atoms with van der Waals surface area (Å²) >= 11 is 0. The Kier molecular flexibility index (Phi) is 5.80. The fourth-order valence-corrected chi connectivity index (χ4v) is 2.60. The summed E-state index contributed by atoms with van der Waals surface area (Å²) in [5.41, 5.74) is 2.39. The molecular formula is C23H19NO3. The van der Waals surface area contributed by atoms with E-state index in [4.69, 9.17) is 4.74 Å². The number of nitrogens with one attached hydrogen (secondary N) is 1. The fourth-order valence-electron chi connectivity index (χ4n) is 2.60. The van der Waals surface area contributed by atoms with Crippen LogP contribution in [0.15, 0.2) is 84.9 Å². The van der Waals surface area contributed by atoms with Gasteiger partial charge < -0.3 is 10.1 Å². The number of methoxy groups -OCH3 is 1. The summed E-state index contributed by atoms with van der Waals surface area (Å²) in [5.74, 6) is 0.315. The molecular weight excluding hydrogens is 338 g/mol. The first kappa shape index (κ1) is 18.1. The number of benzene rings is 3. The van der Waals surface area contributed by atoms with Crippen LogP contribution < -0.4 is 10.1 Å². The molecule has 1 amide bonds. The van der Waals surface area contributed by atoms with Crippen LogP contribution >= 0.6 is 0 Å². The van der Waals surface area contributed by atoms with Crippen LogP contribution in [0, 0.1) is 0 Å². The number of ketones is 1. The molecule has 27 heavy (non-hydrogen) atoms. The fraction of sp³-hybridized carbons (Fsp3) is 0.0435. The lowest BCUT2D eigenvalue weighted by Gasteiger charge is -2.09. The summed E-state index contributed by atoms with van der Waals surface area (Å²) in [6, 6.07) is 23.3. The number of para-hydroxylation sites is 1. The van der Waals surface area contributed by atoms with Crippen molar-refractivity contribution in [1.29, 1.82) is 0 Å². The van der Waals surface area contributed by atoms with Gasteiger partial charge >= 0.3 is 0 Å². The molecule has 3 rings (SSSR count). The predicted octanol–water partition coefficient (Wildman–Crippen LogP) is 4.58. The maximum atomic E-state index is 12.7. The molecule has 0 aliphatic carbocycles. The van der Waals surface area contributed by atoms with Crippen LogP contribution in [-0.2, 0) is 4.79 Å². The minimum Gasteiger partial charge on any atom is -0.497 e. The second-order valence-corrected chi connectivity index (χ2v) is 5.84. The first-order chi connectivity index (χ1) is 13.2. The molecule has 0 fully saturated rings. The highest BCUT2D eigenvalue weighted by molar-refractivity contribution is 6.14. The van der Waals surface area contributed by atoms with Gasteiger partial charge in [-0.15, -0.1) is 0 Å². The second kappa shape index (κ2) is 8.63. The minimum absolute atomic E-state index is 0.134. The van der Waals surface area contributed by atoms with Gasteiger partial charge in [-0.3, -0.25) is 9.59 Å². The Morgan fingerprint density at radius 1 is 0.852 bits per heavy atom. The number of rotatable bonds is 6. The van der Waals surface area contributed by atoms with E-state index < -0.39 is 0 Å². The molecule has 134 valence electrons. The average molecular weight is 357 g/mol. The number of ether oxygens (including phenoxy) is 1. The lowest BCUT2D eigenvalue weighted by atomic mass is 10.0. The van der Waals surface area contributed by atoms with Crippen molar-refractivity contribution in [2.45, 2.75) is 0 Å². The molecule has 0 aromatic heterocycles. The van der Waals surface area contributed by atoms with Crippen LogP contribution in [-0.4, -0.2) is 18.8 Å². The van der Waals surface area contributed by atoms with E-state index in [-0.39, 0.29) is 11.7 Å². The van der Waals surface area contributed by atoms with Crippen molar-refractivity contribution in [2.75, 3.05) is 12.4 Å². The van der Waals surface area contributed by atoms with E-state index in [1.165, 1.54) is 6.08 Å². The molecule has 0 unspecified atom stereocenters. The zero-order valence-electron chi connectivity index (χ0n) is 14.9. The molecule has 0 spiro atoms. The maximum absolute atomic E-state index is 12.7. The van der Waals surface area contributed by atoms with E-state index in [1.54, 1.807) is 49.6 Å². The molecule has 0 heterocycles. The maximum Gasteiger partial charge on any atom is 0.248 e. The van der Waals surface area contributed by atoms with Crippen LogP contribution in [0.5, 0.6) is 5.75 Å². The average Bonchev–Trinajstić information content (AvgIpc) is 2.73. The van der Waals surface area contributed by atoms with Crippen LogP contribution in [0.1, 0.15) is 21.5 Å². The van der Waals surface area contributed by atoms with Crippen molar-refractivity contribution >= 4 is 23.5 Å². The molecule has 1 N–H and O–H groups in total. The standard InChI is InChI=1S/C23H19NO3/c1-27-19-14-11-17(12-15-19)13-16-22(25)24-21-10-6-5-9-20(21)23(26)18-7-3-2-4-8-18/h2-16H,1H3,(H,24,25)/b16-13+. The summed E-state index contributed by atoms with van der Waals surface area (Å²) < 4.78 is 5.11. The van der Waals surface area contributed by atoms with Gasteiger partial charge in [-0.25, -0.2) is 0 Å². The predicted molar refractivity (Wildman–Crippen MR) is 107 cm³/mol. The van der Waals surface area contributed by atoms with Crippen molar-refractivity contribution < 1.29 is 14.3 Å². The number of hydrogen-bond donors (Lipinski definition) is 1. The summed E-state index contributed by atoms with van der Waals surface area (Å²) in [6.45, 7) is 0. The first-order valence-electron chi connectivity index (χ1n) is 8.49. The second-order valence-electron chi connectivity index (χ2n) is 5.84. The topological polar surface area (TPSA) is 55.4 Å². The van der Waals surface area contributed by atoms with Gasteiger partial charge in [0.1, 0.15) is 5.75 Å². The Morgan fingerprint density at radius 3 is 2.22 bits per heavy atom. The van der Waals surface area contributed by atoms with Gasteiger partial charge in [0.2, 0.25) is 5.91 Å². The van der Waals surface area contributed by atoms with E-state index >= 15 is 0 Å². The molecule has 0 aliphatic heterocycles. The first-order valence-corrected chi connectivity index (χ1v) is 8.49. The smallest absolute Gasteiger partial charge is 0.248 e. The SMILES string of the molecule is COc1ccc(/C=C/C(=O)Nc2ccccc2C(=O)c2ccccc2)cc1.